The van der Waals surface area contributed by atoms with Gasteiger partial charge in [-0.1, -0.05) is 12.2 Å². The fraction of sp³-hybridized carbons (Fsp3) is 0.341. The second-order valence-electron chi connectivity index (χ2n) is 14.2. The summed E-state index contributed by atoms with van der Waals surface area (Å²) in [6.45, 7) is 7.68. The number of imidazole rings is 2. The van der Waals surface area contributed by atoms with Gasteiger partial charge in [-0.25, -0.2) is 0 Å². The van der Waals surface area contributed by atoms with Gasteiger partial charge in [-0.05, 0) is 64.1 Å². The van der Waals surface area contributed by atoms with Crippen molar-refractivity contribution in [2.75, 3.05) is 26.9 Å². The average molecular weight is 868 g/mol. The molecule has 0 bridgehead atoms. The number of carbonyl (C=O) groups is 5. The van der Waals surface area contributed by atoms with Crippen LogP contribution in [0.5, 0.6) is 11.5 Å². The van der Waals surface area contributed by atoms with Gasteiger partial charge < -0.3 is 55.6 Å². The lowest BCUT2D eigenvalue weighted by atomic mass is 10.1. The van der Waals surface area contributed by atoms with Gasteiger partial charge in [0.05, 0.1) is 49.4 Å². The molecular formula is C41H49N13O9. The summed E-state index contributed by atoms with van der Waals surface area (Å²) in [7, 11) is 1.44. The smallest absolute Gasteiger partial charge is 0.325 e. The molecule has 0 unspecified atom stereocenters. The van der Waals surface area contributed by atoms with E-state index in [1.165, 1.54) is 30.0 Å². The van der Waals surface area contributed by atoms with Crippen LogP contribution >= 0.6 is 0 Å². The van der Waals surface area contributed by atoms with Crippen LogP contribution in [-0.2, 0) is 35.7 Å². The number of aromatic amines is 2. The maximum Gasteiger partial charge on any atom is 0.325 e. The fourth-order valence-electron chi connectivity index (χ4n) is 6.81. The number of aryl methyl sites for hydroxylation is 4. The van der Waals surface area contributed by atoms with Gasteiger partial charge in [0, 0.05) is 43.7 Å². The molecule has 332 valence electrons. The highest BCUT2D eigenvalue weighted by atomic mass is 16.5. The molecule has 22 nitrogen and oxygen atoms in total. The maximum absolute atomic E-state index is 13.7. The molecule has 9 N–H and O–H groups in total. The van der Waals surface area contributed by atoms with Crippen LogP contribution in [0.15, 0.2) is 58.5 Å². The molecule has 63 heavy (non-hydrogen) atoms. The van der Waals surface area contributed by atoms with Crippen LogP contribution in [0.4, 0.5) is 0 Å². The molecular weight excluding hydrogens is 819 g/mol. The van der Waals surface area contributed by atoms with E-state index in [-0.39, 0.29) is 72.2 Å². The van der Waals surface area contributed by atoms with E-state index in [0.29, 0.717) is 52.3 Å². The number of hydrogen-bond donors (Lipinski definition) is 6. The van der Waals surface area contributed by atoms with E-state index in [1.54, 1.807) is 58.0 Å². The van der Waals surface area contributed by atoms with Crippen LogP contribution < -0.4 is 37.9 Å². The number of carbonyl (C=O) groups excluding carboxylic acids is 5. The van der Waals surface area contributed by atoms with Gasteiger partial charge in [0.2, 0.25) is 23.1 Å². The number of ether oxygens (including phenoxy) is 3. The highest BCUT2D eigenvalue weighted by molar-refractivity contribution is 5.99. The zero-order valence-corrected chi connectivity index (χ0v) is 35.4. The second-order valence-corrected chi connectivity index (χ2v) is 14.2. The number of fused-ring (bicyclic) bond motifs is 2. The van der Waals surface area contributed by atoms with E-state index in [4.69, 9.17) is 36.5 Å². The van der Waals surface area contributed by atoms with Crippen LogP contribution in [0.25, 0.3) is 22.1 Å². The van der Waals surface area contributed by atoms with Gasteiger partial charge >= 0.3 is 5.97 Å². The summed E-state index contributed by atoms with van der Waals surface area (Å²) < 4.78 is 23.4. The number of aliphatic hydroxyl groups is 1. The molecule has 2 aromatic carbocycles. The summed E-state index contributed by atoms with van der Waals surface area (Å²) in [4.78, 5) is 79.2. The molecule has 0 saturated carbocycles. The topological polar surface area (TPSA) is 313 Å². The molecule has 0 saturated heterocycles. The van der Waals surface area contributed by atoms with Crippen LogP contribution in [-0.4, -0.2) is 106 Å². The Kier molecular flexibility index (Phi) is 13.9. The molecule has 4 heterocycles. The Balaban J connectivity index is 1.43. The molecule has 0 spiro atoms. The van der Waals surface area contributed by atoms with E-state index in [0.717, 1.165) is 0 Å². The monoisotopic (exact) mass is 867 g/mol. The van der Waals surface area contributed by atoms with Gasteiger partial charge in [-0.15, -0.1) is 0 Å². The van der Waals surface area contributed by atoms with Crippen molar-refractivity contribution < 1.29 is 43.3 Å². The number of allylic oxidation sites excluding steroid dienone is 2. The Morgan fingerprint density at radius 3 is 1.68 bits per heavy atom. The molecule has 4 amide bonds. The first kappa shape index (κ1) is 44.9. The standard InChI is InChI=1S/C41H49N13O9/c1-6-53-29(15-22(3)49-53)37(58)47-40-45-27-17-24(35(43)56)19-31(61-5)33(27)51(40)11-8-9-12-52-34-28(46-41(52)48-38(59)30-16-23(4)50-54(30)7-2)18-25(36(44)57)20-32(34)62-13-10-14-63-39(60)26(42)21-55/h8-9,15-20,26,55H,6-7,10-14,21,42H2,1-5H3,(H2,43,56)(H2,44,57)(H,45,47,58)(H,46,48,59)/b9-8+/t26-/m0/s1. The maximum atomic E-state index is 13.7. The first-order valence-corrected chi connectivity index (χ1v) is 19.9. The lowest BCUT2D eigenvalue weighted by Gasteiger charge is -2.12. The van der Waals surface area contributed by atoms with Crippen LogP contribution in [0.3, 0.4) is 0 Å². The van der Waals surface area contributed by atoms with Gasteiger partial charge in [0.15, 0.2) is 0 Å². The third kappa shape index (κ3) is 9.81. The number of amides is 4. The summed E-state index contributed by atoms with van der Waals surface area (Å²) in [6, 6.07) is 8.10. The summed E-state index contributed by atoms with van der Waals surface area (Å²) in [5, 5.41) is 17.9. The number of nitrogens with zero attached hydrogens (tertiary/aromatic N) is 8. The predicted octanol–water partition coefficient (Wildman–Crippen LogP) is 0.879. The van der Waals surface area contributed by atoms with Crippen LogP contribution in [0.2, 0.25) is 0 Å². The Hall–Kier alpha value is -7.59. The van der Waals surface area contributed by atoms with Gasteiger partial charge in [-0.3, -0.25) is 33.3 Å². The lowest BCUT2D eigenvalue weighted by molar-refractivity contribution is -0.146. The fourth-order valence-corrected chi connectivity index (χ4v) is 6.81. The van der Waals surface area contributed by atoms with Crippen LogP contribution in [0.1, 0.15) is 73.3 Å². The molecule has 6 rings (SSSR count). The Labute approximate surface area is 358 Å². The highest BCUT2D eigenvalue weighted by Gasteiger charge is 2.20. The zero-order valence-electron chi connectivity index (χ0n) is 35.4. The SMILES string of the molecule is CCn1nc(C)cc1C(=O)/N=c1/[nH]c2cc(C(N)=O)cc(OC)c2n1C/C=C/Cn1/c(=N/C(=O)c2cc(C)nn2CC)[nH]c2cc(C(N)=O)cc(OCCCOC(=O)[C@@H](N)CO)c21. The van der Waals surface area contributed by atoms with Crippen molar-refractivity contribution in [1.29, 1.82) is 0 Å². The molecule has 0 radical (unpaired) electrons. The zero-order chi connectivity index (χ0) is 45.5. The molecule has 22 heteroatoms. The highest BCUT2D eigenvalue weighted by Crippen LogP contribution is 2.28. The number of rotatable bonds is 18. The Morgan fingerprint density at radius 1 is 0.762 bits per heavy atom. The predicted molar refractivity (Wildman–Crippen MR) is 227 cm³/mol. The summed E-state index contributed by atoms with van der Waals surface area (Å²) in [5.41, 5.74) is 20.9. The number of H-pyrrole nitrogens is 2. The molecule has 4 aromatic heterocycles. The average Bonchev–Trinajstić information content (AvgIpc) is 4.03. The van der Waals surface area contributed by atoms with Crippen molar-refractivity contribution in [2.24, 2.45) is 27.2 Å². The number of hydrogen-bond acceptors (Lipinski definition) is 12. The lowest BCUT2D eigenvalue weighted by Crippen LogP contribution is -2.35. The number of aliphatic hydroxyl groups excluding tert-OH is 1. The molecule has 0 aliphatic heterocycles. The minimum Gasteiger partial charge on any atom is -0.494 e. The molecule has 1 atom stereocenters. The number of aromatic nitrogens is 8. The quantitative estimate of drug-likeness (QED) is 0.0399. The normalized spacial score (nSPS) is 12.7. The third-order valence-electron chi connectivity index (χ3n) is 9.77. The van der Waals surface area contributed by atoms with Gasteiger partial charge in [-0.2, -0.15) is 20.2 Å². The minimum atomic E-state index is -1.18. The van der Waals surface area contributed by atoms with Crippen LogP contribution in [0, 0.1) is 13.8 Å². The van der Waals surface area contributed by atoms with E-state index in [1.807, 2.05) is 13.8 Å². The first-order valence-electron chi connectivity index (χ1n) is 19.9. The van der Waals surface area contributed by atoms with E-state index in [9.17, 15) is 24.0 Å². The van der Waals surface area contributed by atoms with E-state index >= 15 is 0 Å². The number of nitrogens with one attached hydrogen (secondary N) is 2. The third-order valence-corrected chi connectivity index (χ3v) is 9.77. The molecule has 0 aliphatic rings. The number of primary amides is 2. The van der Waals surface area contributed by atoms with Gasteiger partial charge in [0.25, 0.3) is 11.8 Å². The van der Waals surface area contributed by atoms with Crippen molar-refractivity contribution in [3.63, 3.8) is 0 Å². The summed E-state index contributed by atoms with van der Waals surface area (Å²) in [6.07, 6.45) is 3.79. The first-order chi connectivity index (χ1) is 30.2. The molecule has 0 fully saturated rings. The second kappa shape index (κ2) is 19.4. The Morgan fingerprint density at radius 2 is 1.24 bits per heavy atom. The summed E-state index contributed by atoms with van der Waals surface area (Å²) >= 11 is 0. The van der Waals surface area contributed by atoms with Crippen molar-refractivity contribution >= 4 is 51.7 Å². The number of methoxy groups -OCH3 is 1. The number of esters is 1. The van der Waals surface area contributed by atoms with E-state index < -0.39 is 42.2 Å². The van der Waals surface area contributed by atoms with E-state index in [2.05, 4.69) is 30.2 Å². The number of nitrogens with two attached hydrogens (primary N) is 3. The van der Waals surface area contributed by atoms with Gasteiger partial charge in [0.1, 0.15) is 40.0 Å². The molecule has 6 aromatic rings. The minimum absolute atomic E-state index is 0.0143. The van der Waals surface area contributed by atoms with Crippen molar-refractivity contribution in [3.05, 3.63) is 93.7 Å². The summed E-state index contributed by atoms with van der Waals surface area (Å²) in [5.74, 6) is -2.85. The largest absolute Gasteiger partial charge is 0.494 e. The number of benzene rings is 2. The van der Waals surface area contributed by atoms with Crippen molar-refractivity contribution in [2.45, 2.75) is 66.3 Å². The van der Waals surface area contributed by atoms with Crippen molar-refractivity contribution in [3.8, 4) is 11.5 Å². The Bertz CT molecular complexity index is 2900. The molecule has 0 aliphatic carbocycles. The van der Waals surface area contributed by atoms with Crippen molar-refractivity contribution in [1.82, 2.24) is 38.7 Å².